The molecule has 1 rings (SSSR count). The summed E-state index contributed by atoms with van der Waals surface area (Å²) in [6.07, 6.45) is 0. The van der Waals surface area contributed by atoms with E-state index in [9.17, 15) is 0 Å². The van der Waals surface area contributed by atoms with Crippen molar-refractivity contribution in [1.29, 1.82) is 0 Å². The number of rotatable bonds is 4. The molecule has 0 amide bonds. The van der Waals surface area contributed by atoms with Gasteiger partial charge in [0.2, 0.25) is 0 Å². The summed E-state index contributed by atoms with van der Waals surface area (Å²) >= 11 is 0. The minimum atomic E-state index is 0.787. The molecule has 0 atom stereocenters. The highest BCUT2D eigenvalue weighted by Crippen LogP contribution is 1.98. The molecule has 0 bridgehead atoms. The third-order valence-corrected chi connectivity index (χ3v) is 2.38. The SMILES string of the molecule is NCCN1CCN(CC[NH3+])CC1. The summed E-state index contributed by atoms with van der Waals surface area (Å²) in [5.74, 6) is 0. The molecule has 1 heterocycles. The minimum absolute atomic E-state index is 0.787. The Bertz CT molecular complexity index is 95.6. The predicted molar refractivity (Wildman–Crippen MR) is 49.7 cm³/mol. The Hall–Kier alpha value is -0.160. The number of hydrogen-bond acceptors (Lipinski definition) is 3. The second-order valence-corrected chi connectivity index (χ2v) is 3.33. The van der Waals surface area contributed by atoms with Gasteiger partial charge in [0.15, 0.2) is 0 Å². The third kappa shape index (κ3) is 3.06. The van der Waals surface area contributed by atoms with E-state index in [1.165, 1.54) is 26.2 Å². The fraction of sp³-hybridized carbons (Fsp3) is 1.00. The lowest BCUT2D eigenvalue weighted by molar-refractivity contribution is -0.369. The summed E-state index contributed by atoms with van der Waals surface area (Å²) in [6.45, 7) is 8.75. The fourth-order valence-corrected chi connectivity index (χ4v) is 1.64. The first-order valence-electron chi connectivity index (χ1n) is 4.81. The van der Waals surface area contributed by atoms with Crippen LogP contribution in [0.5, 0.6) is 0 Å². The molecule has 1 aliphatic rings. The molecule has 0 saturated carbocycles. The van der Waals surface area contributed by atoms with Gasteiger partial charge in [0.1, 0.15) is 0 Å². The quantitative estimate of drug-likeness (QED) is 0.507. The van der Waals surface area contributed by atoms with Crippen LogP contribution in [0.1, 0.15) is 0 Å². The van der Waals surface area contributed by atoms with Crippen LogP contribution in [0.15, 0.2) is 0 Å². The Morgan fingerprint density at radius 1 is 1.00 bits per heavy atom. The fourth-order valence-electron chi connectivity index (χ4n) is 1.64. The molecule has 5 N–H and O–H groups in total. The smallest absolute Gasteiger partial charge is 0.0869 e. The van der Waals surface area contributed by atoms with E-state index in [1.54, 1.807) is 0 Å². The van der Waals surface area contributed by atoms with Gasteiger partial charge in [-0.05, 0) is 0 Å². The minimum Gasteiger partial charge on any atom is -0.357 e. The van der Waals surface area contributed by atoms with Gasteiger partial charge in [-0.15, -0.1) is 0 Å². The maximum absolute atomic E-state index is 5.49. The second-order valence-electron chi connectivity index (χ2n) is 3.33. The molecule has 12 heavy (non-hydrogen) atoms. The predicted octanol–water partition coefficient (Wildman–Crippen LogP) is -2.20. The first kappa shape index (κ1) is 9.92. The van der Waals surface area contributed by atoms with Crippen molar-refractivity contribution in [2.24, 2.45) is 5.73 Å². The van der Waals surface area contributed by atoms with E-state index in [-0.39, 0.29) is 0 Å². The number of quaternary nitrogens is 1. The van der Waals surface area contributed by atoms with Gasteiger partial charge in [0, 0.05) is 45.8 Å². The van der Waals surface area contributed by atoms with Gasteiger partial charge in [-0.25, -0.2) is 0 Å². The zero-order valence-corrected chi connectivity index (χ0v) is 7.84. The third-order valence-electron chi connectivity index (χ3n) is 2.38. The van der Waals surface area contributed by atoms with Crippen LogP contribution in [0.4, 0.5) is 0 Å². The molecule has 0 spiro atoms. The van der Waals surface area contributed by atoms with Gasteiger partial charge in [-0.3, -0.25) is 9.80 Å². The Labute approximate surface area is 74.5 Å². The lowest BCUT2D eigenvalue weighted by Crippen LogP contribution is -2.57. The summed E-state index contributed by atoms with van der Waals surface area (Å²) in [7, 11) is 0. The van der Waals surface area contributed by atoms with Crippen molar-refractivity contribution in [3.8, 4) is 0 Å². The first-order valence-corrected chi connectivity index (χ1v) is 4.81. The molecule has 0 radical (unpaired) electrons. The van der Waals surface area contributed by atoms with Gasteiger partial charge in [-0.1, -0.05) is 0 Å². The van der Waals surface area contributed by atoms with Gasteiger partial charge in [0.25, 0.3) is 0 Å². The van der Waals surface area contributed by atoms with E-state index >= 15 is 0 Å². The van der Waals surface area contributed by atoms with Crippen molar-refractivity contribution in [2.45, 2.75) is 0 Å². The van der Waals surface area contributed by atoms with Crippen LogP contribution in [0, 0.1) is 0 Å². The van der Waals surface area contributed by atoms with Crippen molar-refractivity contribution in [1.82, 2.24) is 9.80 Å². The zero-order chi connectivity index (χ0) is 8.81. The van der Waals surface area contributed by atoms with Gasteiger partial charge in [0.05, 0.1) is 6.54 Å². The van der Waals surface area contributed by atoms with Crippen LogP contribution in [0.25, 0.3) is 0 Å². The van der Waals surface area contributed by atoms with Crippen molar-refractivity contribution in [2.75, 3.05) is 52.4 Å². The standard InChI is InChI=1S/C8H20N4/c9-1-3-11-5-7-12(4-2-10)8-6-11/h1-10H2/p+1. The van der Waals surface area contributed by atoms with Crippen LogP contribution in [-0.4, -0.2) is 62.2 Å². The molecule has 72 valence electrons. The van der Waals surface area contributed by atoms with E-state index in [1.807, 2.05) is 0 Å². The van der Waals surface area contributed by atoms with Crippen LogP contribution in [0.3, 0.4) is 0 Å². The zero-order valence-electron chi connectivity index (χ0n) is 7.84. The van der Waals surface area contributed by atoms with E-state index in [4.69, 9.17) is 5.73 Å². The van der Waals surface area contributed by atoms with Crippen LogP contribution < -0.4 is 11.5 Å². The average molecular weight is 173 g/mol. The molecular formula is C8H21N4+. The number of nitrogens with zero attached hydrogens (tertiary/aromatic N) is 2. The van der Waals surface area contributed by atoms with Crippen molar-refractivity contribution < 1.29 is 5.73 Å². The van der Waals surface area contributed by atoms with E-state index in [0.717, 1.165) is 26.2 Å². The summed E-state index contributed by atoms with van der Waals surface area (Å²) in [5, 5.41) is 0. The molecule has 0 aromatic carbocycles. The van der Waals surface area contributed by atoms with Gasteiger partial charge >= 0.3 is 0 Å². The lowest BCUT2D eigenvalue weighted by Gasteiger charge is -2.33. The Balaban J connectivity index is 2.11. The molecule has 1 fully saturated rings. The average Bonchev–Trinajstić information content (AvgIpc) is 2.09. The molecule has 0 aromatic heterocycles. The van der Waals surface area contributed by atoms with Crippen LogP contribution in [0.2, 0.25) is 0 Å². The molecule has 1 aliphatic heterocycles. The Kier molecular flexibility index (Phi) is 4.53. The van der Waals surface area contributed by atoms with Gasteiger partial charge < -0.3 is 11.5 Å². The summed E-state index contributed by atoms with van der Waals surface area (Å²) in [5.41, 5.74) is 9.35. The molecule has 4 nitrogen and oxygen atoms in total. The number of piperazine rings is 1. The Morgan fingerprint density at radius 2 is 1.50 bits per heavy atom. The molecular weight excluding hydrogens is 152 g/mol. The topological polar surface area (TPSA) is 60.1 Å². The molecule has 0 unspecified atom stereocenters. The molecule has 0 aromatic rings. The number of nitrogens with two attached hydrogens (primary N) is 1. The first-order chi connectivity index (χ1) is 5.86. The number of hydrogen-bond donors (Lipinski definition) is 2. The molecule has 4 heteroatoms. The molecule has 1 saturated heterocycles. The Morgan fingerprint density at radius 3 is 1.92 bits per heavy atom. The monoisotopic (exact) mass is 173 g/mol. The summed E-state index contributed by atoms with van der Waals surface area (Å²) in [6, 6.07) is 0. The maximum atomic E-state index is 5.49. The summed E-state index contributed by atoms with van der Waals surface area (Å²) in [4.78, 5) is 4.90. The van der Waals surface area contributed by atoms with Gasteiger partial charge in [-0.2, -0.15) is 0 Å². The summed E-state index contributed by atoms with van der Waals surface area (Å²) < 4.78 is 0. The second kappa shape index (κ2) is 5.48. The van der Waals surface area contributed by atoms with E-state index in [0.29, 0.717) is 0 Å². The molecule has 0 aliphatic carbocycles. The highest BCUT2D eigenvalue weighted by atomic mass is 15.3. The van der Waals surface area contributed by atoms with Crippen LogP contribution in [-0.2, 0) is 0 Å². The lowest BCUT2D eigenvalue weighted by atomic mass is 10.3. The maximum Gasteiger partial charge on any atom is 0.0869 e. The normalized spacial score (nSPS) is 21.5. The van der Waals surface area contributed by atoms with E-state index < -0.39 is 0 Å². The van der Waals surface area contributed by atoms with Crippen LogP contribution >= 0.6 is 0 Å². The highest BCUT2D eigenvalue weighted by molar-refractivity contribution is 4.71. The largest absolute Gasteiger partial charge is 0.357 e. The van der Waals surface area contributed by atoms with Crippen molar-refractivity contribution in [3.05, 3.63) is 0 Å². The van der Waals surface area contributed by atoms with Crippen molar-refractivity contribution >= 4 is 0 Å². The highest BCUT2D eigenvalue weighted by Gasteiger charge is 2.14. The van der Waals surface area contributed by atoms with E-state index in [2.05, 4.69) is 15.5 Å². The van der Waals surface area contributed by atoms with Crippen molar-refractivity contribution in [3.63, 3.8) is 0 Å².